The van der Waals surface area contributed by atoms with Gasteiger partial charge in [-0.15, -0.1) is 0 Å². The number of rotatable bonds is 10. The summed E-state index contributed by atoms with van der Waals surface area (Å²) < 4.78 is 10.8. The van der Waals surface area contributed by atoms with Gasteiger partial charge in [0.2, 0.25) is 11.8 Å². The Kier molecular flexibility index (Phi) is 9.30. The molecule has 1 fully saturated rings. The van der Waals surface area contributed by atoms with Crippen LogP contribution in [0.3, 0.4) is 0 Å². The molecule has 2 rings (SSSR count). The van der Waals surface area contributed by atoms with Gasteiger partial charge in [-0.1, -0.05) is 44.2 Å². The van der Waals surface area contributed by atoms with Gasteiger partial charge < -0.3 is 19.7 Å². The normalized spacial score (nSPS) is 19.1. The predicted molar refractivity (Wildman–Crippen MR) is 114 cm³/mol. The highest BCUT2D eigenvalue weighted by Gasteiger charge is 2.40. The van der Waals surface area contributed by atoms with Crippen LogP contribution in [0.2, 0.25) is 0 Å². The summed E-state index contributed by atoms with van der Waals surface area (Å²) in [4.78, 5) is 39.6. The molecule has 0 unspecified atom stereocenters. The topological polar surface area (TPSA) is 84.9 Å². The van der Waals surface area contributed by atoms with Crippen molar-refractivity contribution < 1.29 is 23.9 Å². The molecule has 7 nitrogen and oxygen atoms in total. The van der Waals surface area contributed by atoms with Crippen LogP contribution in [0.15, 0.2) is 30.3 Å². The lowest BCUT2D eigenvalue weighted by molar-refractivity contribution is -0.149. The number of hydrogen-bond acceptors (Lipinski definition) is 5. The van der Waals surface area contributed by atoms with E-state index in [9.17, 15) is 14.4 Å². The van der Waals surface area contributed by atoms with Crippen molar-refractivity contribution in [1.29, 1.82) is 0 Å². The average Bonchev–Trinajstić information content (AvgIpc) is 3.23. The molecule has 1 N–H and O–H groups in total. The molecule has 1 aliphatic heterocycles. The number of likely N-dealkylation sites (tertiary alicyclic amines) is 1. The van der Waals surface area contributed by atoms with Crippen molar-refractivity contribution in [3.05, 3.63) is 35.9 Å². The number of esters is 1. The summed E-state index contributed by atoms with van der Waals surface area (Å²) in [6.45, 7) is 6.28. The highest BCUT2D eigenvalue weighted by Crippen LogP contribution is 2.27. The van der Waals surface area contributed by atoms with E-state index in [1.54, 1.807) is 21.0 Å². The summed E-state index contributed by atoms with van der Waals surface area (Å²) >= 11 is 0. The summed E-state index contributed by atoms with van der Waals surface area (Å²) in [5.74, 6) is -1.20. The molecule has 2 amide bonds. The zero-order chi connectivity index (χ0) is 22.1. The van der Waals surface area contributed by atoms with Gasteiger partial charge in [-0.2, -0.15) is 0 Å². The molecule has 0 bridgehead atoms. The van der Waals surface area contributed by atoms with E-state index in [1.807, 2.05) is 42.2 Å². The molecule has 1 heterocycles. The van der Waals surface area contributed by atoms with Gasteiger partial charge >= 0.3 is 5.97 Å². The molecule has 1 saturated heterocycles. The van der Waals surface area contributed by atoms with Crippen molar-refractivity contribution in [1.82, 2.24) is 10.2 Å². The quantitative estimate of drug-likeness (QED) is 0.590. The zero-order valence-electron chi connectivity index (χ0n) is 18.4. The third kappa shape index (κ3) is 6.05. The van der Waals surface area contributed by atoms with Crippen LogP contribution < -0.4 is 5.32 Å². The Morgan fingerprint density at radius 1 is 1.20 bits per heavy atom. The number of carbonyl (C=O) groups excluding carboxylic acids is 3. The third-order valence-corrected chi connectivity index (χ3v) is 5.65. The molecule has 166 valence electrons. The van der Waals surface area contributed by atoms with Crippen LogP contribution in [0, 0.1) is 5.92 Å². The number of ether oxygens (including phenoxy) is 2. The lowest BCUT2D eigenvalue weighted by Gasteiger charge is -2.34. The molecule has 0 radical (unpaired) electrons. The van der Waals surface area contributed by atoms with Gasteiger partial charge in [0.1, 0.15) is 6.04 Å². The Balaban J connectivity index is 2.12. The van der Waals surface area contributed by atoms with Crippen LogP contribution in [0.1, 0.15) is 45.6 Å². The highest BCUT2D eigenvalue weighted by atomic mass is 16.5. The summed E-state index contributed by atoms with van der Waals surface area (Å²) in [7, 11) is 1.56. The fourth-order valence-electron chi connectivity index (χ4n) is 4.08. The number of hydrogen-bond donors (Lipinski definition) is 1. The molecule has 1 aromatic rings. The van der Waals surface area contributed by atoms with Crippen molar-refractivity contribution in [3.63, 3.8) is 0 Å². The van der Waals surface area contributed by atoms with E-state index >= 15 is 0 Å². The Morgan fingerprint density at radius 2 is 1.90 bits per heavy atom. The largest absolute Gasteiger partial charge is 0.464 e. The van der Waals surface area contributed by atoms with Crippen LogP contribution in [-0.4, -0.2) is 61.1 Å². The predicted octanol–water partition coefficient (Wildman–Crippen LogP) is 2.33. The van der Waals surface area contributed by atoms with Crippen LogP contribution in [0.25, 0.3) is 0 Å². The zero-order valence-corrected chi connectivity index (χ0v) is 18.4. The number of carbonyl (C=O) groups is 3. The monoisotopic (exact) mass is 418 g/mol. The van der Waals surface area contributed by atoms with Crippen LogP contribution >= 0.6 is 0 Å². The van der Waals surface area contributed by atoms with E-state index in [-0.39, 0.29) is 24.5 Å². The van der Waals surface area contributed by atoms with Crippen molar-refractivity contribution in [3.8, 4) is 0 Å². The summed E-state index contributed by atoms with van der Waals surface area (Å²) in [6, 6.07) is 8.58. The molecule has 7 heteroatoms. The Morgan fingerprint density at radius 3 is 2.50 bits per heavy atom. The maximum Gasteiger partial charge on any atom is 0.328 e. The molecule has 4 atom stereocenters. The SMILES string of the molecule is CCOC(=O)[C@H](Cc1ccccc1)NC(=O)[C@H](C)[C@@H](OC)[C@@H]1CCCN1C(=O)CC. The molecular formula is C23H34N2O5. The minimum atomic E-state index is -0.781. The first kappa shape index (κ1) is 23.9. The fourth-order valence-corrected chi connectivity index (χ4v) is 4.08. The molecule has 0 saturated carbocycles. The standard InChI is InChI=1S/C23H34N2O5/c1-5-20(26)25-14-10-13-19(25)21(29-4)16(3)22(27)24-18(23(28)30-6-2)15-17-11-8-7-9-12-17/h7-9,11-12,16,18-19,21H,5-6,10,13-15H2,1-4H3,(H,24,27)/t16-,18+,19+,21-/m1/s1. The van der Waals surface area contributed by atoms with Gasteiger partial charge in [0.05, 0.1) is 24.7 Å². The first-order valence-corrected chi connectivity index (χ1v) is 10.8. The number of nitrogens with zero attached hydrogens (tertiary/aromatic N) is 1. The molecule has 1 aliphatic rings. The molecule has 30 heavy (non-hydrogen) atoms. The van der Waals surface area contributed by atoms with E-state index < -0.39 is 24.0 Å². The lowest BCUT2D eigenvalue weighted by Crippen LogP contribution is -2.52. The molecule has 0 spiro atoms. The second-order valence-corrected chi connectivity index (χ2v) is 7.64. The molecular weight excluding hydrogens is 384 g/mol. The number of benzene rings is 1. The molecule has 0 aromatic heterocycles. The van der Waals surface area contributed by atoms with Crippen molar-refractivity contribution in [2.24, 2.45) is 5.92 Å². The second kappa shape index (κ2) is 11.7. The Bertz CT molecular complexity index is 709. The minimum absolute atomic E-state index is 0.0700. The van der Waals surface area contributed by atoms with E-state index in [0.717, 1.165) is 18.4 Å². The van der Waals surface area contributed by atoms with Gasteiger partial charge in [0, 0.05) is 26.5 Å². The summed E-state index contributed by atoms with van der Waals surface area (Å²) in [5.41, 5.74) is 0.933. The second-order valence-electron chi connectivity index (χ2n) is 7.64. The van der Waals surface area contributed by atoms with Gasteiger partial charge in [0.25, 0.3) is 0 Å². The third-order valence-electron chi connectivity index (χ3n) is 5.65. The van der Waals surface area contributed by atoms with E-state index in [0.29, 0.717) is 19.4 Å². The van der Waals surface area contributed by atoms with Crippen molar-refractivity contribution >= 4 is 17.8 Å². The summed E-state index contributed by atoms with van der Waals surface area (Å²) in [6.07, 6.45) is 2.02. The van der Waals surface area contributed by atoms with Gasteiger partial charge in [-0.05, 0) is 25.3 Å². The first-order chi connectivity index (χ1) is 14.4. The van der Waals surface area contributed by atoms with Crippen molar-refractivity contribution in [2.45, 2.75) is 64.6 Å². The fraction of sp³-hybridized carbons (Fsp3) is 0.609. The average molecular weight is 419 g/mol. The maximum atomic E-state index is 13.1. The van der Waals surface area contributed by atoms with Crippen LogP contribution in [-0.2, 0) is 30.3 Å². The highest BCUT2D eigenvalue weighted by molar-refractivity contribution is 5.86. The lowest BCUT2D eigenvalue weighted by atomic mass is 9.94. The smallest absolute Gasteiger partial charge is 0.328 e. The van der Waals surface area contributed by atoms with E-state index in [1.165, 1.54) is 0 Å². The maximum absolute atomic E-state index is 13.1. The minimum Gasteiger partial charge on any atom is -0.464 e. The number of amides is 2. The van der Waals surface area contributed by atoms with E-state index in [2.05, 4.69) is 5.32 Å². The number of nitrogens with one attached hydrogen (secondary N) is 1. The van der Waals surface area contributed by atoms with Gasteiger partial charge in [0.15, 0.2) is 0 Å². The molecule has 0 aliphatic carbocycles. The number of methoxy groups -OCH3 is 1. The van der Waals surface area contributed by atoms with E-state index in [4.69, 9.17) is 9.47 Å². The summed E-state index contributed by atoms with van der Waals surface area (Å²) in [5, 5.41) is 2.85. The molecule has 1 aromatic carbocycles. The Labute approximate surface area is 179 Å². The van der Waals surface area contributed by atoms with Crippen LogP contribution in [0.4, 0.5) is 0 Å². The van der Waals surface area contributed by atoms with Gasteiger partial charge in [-0.25, -0.2) is 4.79 Å². The van der Waals surface area contributed by atoms with Crippen LogP contribution in [0.5, 0.6) is 0 Å². The first-order valence-electron chi connectivity index (χ1n) is 10.8. The Hall–Kier alpha value is -2.41. The van der Waals surface area contributed by atoms with Gasteiger partial charge in [-0.3, -0.25) is 9.59 Å². The van der Waals surface area contributed by atoms with Crippen molar-refractivity contribution in [2.75, 3.05) is 20.3 Å².